The Balaban J connectivity index is 0.923. The molecule has 15 atom stereocenters. The minimum atomic E-state index is -1.24. The molecule has 102 heavy (non-hydrogen) atoms. The monoisotopic (exact) mass is 1380 g/mol. The molecule has 9 aromatic carbocycles. The van der Waals surface area contributed by atoms with E-state index in [9.17, 15) is 0 Å². The van der Waals surface area contributed by atoms with E-state index in [0.717, 1.165) is 75.8 Å². The smallest absolute Gasteiger partial charge is 0.187 e. The van der Waals surface area contributed by atoms with Gasteiger partial charge >= 0.3 is 0 Å². The van der Waals surface area contributed by atoms with E-state index in [0.29, 0.717) is 6.61 Å². The zero-order valence-electron chi connectivity index (χ0n) is 58.2. The number of benzene rings is 9. The topological polar surface area (TPSA) is 141 Å². The van der Waals surface area contributed by atoms with Crippen molar-refractivity contribution in [3.8, 4) is 0 Å². The fraction of sp³-hybridized carbons (Fsp3) is 0.379. The second-order valence-corrected chi connectivity index (χ2v) is 26.9. The van der Waals surface area contributed by atoms with Gasteiger partial charge < -0.3 is 71.6 Å². The van der Waals surface area contributed by atoms with Crippen LogP contribution in [0, 0.1) is 0 Å². The van der Waals surface area contributed by atoms with E-state index in [2.05, 4.69) is 48.6 Å². The van der Waals surface area contributed by atoms with Crippen molar-refractivity contribution in [2.45, 2.75) is 197 Å². The molecule has 1 saturated carbocycles. The molecule has 4 fully saturated rings. The quantitative estimate of drug-likeness (QED) is 0.0402. The third-order valence-electron chi connectivity index (χ3n) is 19.4. The molecule has 15 nitrogen and oxygen atoms in total. The van der Waals surface area contributed by atoms with E-state index in [4.69, 9.17) is 66.3 Å². The number of hydrogen-bond donors (Lipinski definition) is 1. The third kappa shape index (κ3) is 21.1. The first-order valence-corrected chi connectivity index (χ1v) is 36.3. The average Bonchev–Trinajstić information content (AvgIpc) is 0.775. The lowest BCUT2D eigenvalue weighted by atomic mass is 9.90. The Kier molecular flexibility index (Phi) is 27.6. The summed E-state index contributed by atoms with van der Waals surface area (Å²) >= 11 is 0. The Hall–Kier alpha value is -7.62. The molecule has 0 radical (unpaired) electrons. The van der Waals surface area contributed by atoms with Crippen LogP contribution in [0.25, 0.3) is 0 Å². The fourth-order valence-corrected chi connectivity index (χ4v) is 14.0. The molecule has 0 spiro atoms. The zero-order valence-corrected chi connectivity index (χ0v) is 58.2. The first-order chi connectivity index (χ1) is 50.5. The number of hydrogen-bond acceptors (Lipinski definition) is 15. The van der Waals surface area contributed by atoms with Gasteiger partial charge in [-0.05, 0) is 69.8 Å². The van der Waals surface area contributed by atoms with Crippen LogP contribution >= 0.6 is 0 Å². The highest BCUT2D eigenvalue weighted by molar-refractivity contribution is 5.21. The van der Waals surface area contributed by atoms with Crippen LogP contribution in [-0.2, 0) is 126 Å². The summed E-state index contributed by atoms with van der Waals surface area (Å²) in [6.45, 7) is 4.24. The molecular weight excluding hydrogens is 1280 g/mol. The maximum atomic E-state index is 7.87. The fourth-order valence-electron chi connectivity index (χ4n) is 14.0. The molecule has 9 aromatic rings. The van der Waals surface area contributed by atoms with Crippen LogP contribution in [0.5, 0.6) is 0 Å². The van der Waals surface area contributed by atoms with Crippen LogP contribution in [0.4, 0.5) is 0 Å². The maximum absolute atomic E-state index is 7.87. The van der Waals surface area contributed by atoms with E-state index in [-0.39, 0.29) is 78.2 Å². The van der Waals surface area contributed by atoms with E-state index >= 15 is 0 Å². The molecule has 534 valence electrons. The van der Waals surface area contributed by atoms with Crippen LogP contribution < -0.4 is 5.32 Å². The van der Waals surface area contributed by atoms with E-state index in [1.165, 1.54) is 6.42 Å². The molecule has 3 saturated heterocycles. The Morgan fingerprint density at radius 2 is 0.539 bits per heavy atom. The highest BCUT2D eigenvalue weighted by Crippen LogP contribution is 2.40. The van der Waals surface area contributed by atoms with Gasteiger partial charge in [0, 0.05) is 6.04 Å². The molecule has 13 rings (SSSR count). The van der Waals surface area contributed by atoms with E-state index in [1.54, 1.807) is 0 Å². The molecule has 0 amide bonds. The standard InChI is InChI=1S/C87H97NO14/c1-63-76(88-73-50-30-11-31-51-73)79(91-54-66-36-16-4-17-37-66)82(94-57-69-42-22-7-23-43-69)86(98-63)101-78-75(62-90-53-65-34-14-3-15-35-65)100-87(84(96-59-71-46-26-9-27-47-71)81(78)93-56-68-40-20-6-21-41-68)102-77-74(61-89-52-64-32-12-2-13-33-64)99-85(97-60-72-48-28-10-29-49-72)83(95-58-70-44-24-8-25-45-70)80(77)92-55-67-38-18-5-19-39-67/h2-10,12-29,32-49,63,73-88H,11,30-31,50-62H2,1H3/t63-,74-,75-,76-,77-,78-,79+,80+,81+,82?,83-,84-,85-,86-,87-/m1/s1. The minimum absolute atomic E-state index is 0.0184. The second kappa shape index (κ2) is 38.8. The van der Waals surface area contributed by atoms with Crippen molar-refractivity contribution in [2.24, 2.45) is 0 Å². The Labute approximate surface area is 601 Å². The minimum Gasteiger partial charge on any atom is -0.374 e. The lowest BCUT2D eigenvalue weighted by Gasteiger charge is -2.52. The third-order valence-corrected chi connectivity index (χ3v) is 19.4. The van der Waals surface area contributed by atoms with E-state index in [1.807, 2.05) is 237 Å². The summed E-state index contributed by atoms with van der Waals surface area (Å²) in [6, 6.07) is 91.1. The van der Waals surface area contributed by atoms with Gasteiger partial charge in [0.05, 0.1) is 84.8 Å². The molecule has 1 N–H and O–H groups in total. The molecule has 4 aliphatic rings. The first-order valence-electron chi connectivity index (χ1n) is 36.3. The van der Waals surface area contributed by atoms with Crippen molar-refractivity contribution in [1.29, 1.82) is 0 Å². The molecule has 3 heterocycles. The van der Waals surface area contributed by atoms with Gasteiger partial charge in [-0.3, -0.25) is 0 Å². The van der Waals surface area contributed by atoms with Crippen molar-refractivity contribution in [2.75, 3.05) is 13.2 Å². The summed E-state index contributed by atoms with van der Waals surface area (Å²) in [4.78, 5) is 0. The summed E-state index contributed by atoms with van der Waals surface area (Å²) in [5.41, 5.74) is 8.71. The summed E-state index contributed by atoms with van der Waals surface area (Å²) < 4.78 is 103. The summed E-state index contributed by atoms with van der Waals surface area (Å²) in [5, 5.41) is 4.07. The van der Waals surface area contributed by atoms with Gasteiger partial charge in [0.1, 0.15) is 61.0 Å². The number of nitrogens with one attached hydrogen (secondary N) is 1. The van der Waals surface area contributed by atoms with Gasteiger partial charge in [0.15, 0.2) is 18.9 Å². The predicted octanol–water partition coefficient (Wildman–Crippen LogP) is 15.4. The Morgan fingerprint density at radius 3 is 0.882 bits per heavy atom. The maximum Gasteiger partial charge on any atom is 0.187 e. The summed E-state index contributed by atoms with van der Waals surface area (Å²) in [7, 11) is 0. The summed E-state index contributed by atoms with van der Waals surface area (Å²) in [5.74, 6) is 0. The molecule has 1 unspecified atom stereocenters. The van der Waals surface area contributed by atoms with E-state index < -0.39 is 86.0 Å². The van der Waals surface area contributed by atoms with Crippen LogP contribution in [0.1, 0.15) is 89.1 Å². The van der Waals surface area contributed by atoms with Gasteiger partial charge in [-0.25, -0.2) is 0 Å². The Morgan fingerprint density at radius 1 is 0.275 bits per heavy atom. The SMILES string of the molecule is C[C@H]1O[C@H](O[C@H]2[C@H](OCc3ccccc3)[C@@H](OCc3ccccc3)[C@@H](O[C@H]3[C@H](OCc4ccccc4)[C@@H](OCc4ccccc4)[C@H](OCc4ccccc4)O[C@@H]3COCc3ccccc3)O[C@@H]2COCc2ccccc2)C(OCc2ccccc2)[C@@H](OCc2ccccc2)[C@@H]1NC1CCCCC1. The molecule has 15 heteroatoms. The number of ether oxygens (including phenoxy) is 14. The molecule has 0 aromatic heterocycles. The van der Waals surface area contributed by atoms with Gasteiger partial charge in [0.25, 0.3) is 0 Å². The van der Waals surface area contributed by atoms with Crippen LogP contribution in [-0.4, -0.2) is 111 Å². The lowest BCUT2D eigenvalue weighted by molar-refractivity contribution is -0.391. The van der Waals surface area contributed by atoms with Crippen LogP contribution in [0.3, 0.4) is 0 Å². The molecular formula is C87H97NO14. The number of rotatable bonds is 35. The largest absolute Gasteiger partial charge is 0.374 e. The normalized spacial score (nSPS) is 26.1. The van der Waals surface area contributed by atoms with Crippen molar-refractivity contribution < 1.29 is 66.3 Å². The van der Waals surface area contributed by atoms with Gasteiger partial charge in [-0.1, -0.05) is 292 Å². The summed E-state index contributed by atoms with van der Waals surface area (Å²) in [6.07, 6.45) is -7.03. The highest BCUT2D eigenvalue weighted by Gasteiger charge is 2.57. The van der Waals surface area contributed by atoms with Crippen molar-refractivity contribution >= 4 is 0 Å². The predicted molar refractivity (Wildman–Crippen MR) is 389 cm³/mol. The zero-order chi connectivity index (χ0) is 69.2. The highest BCUT2D eigenvalue weighted by atomic mass is 16.8. The van der Waals surface area contributed by atoms with Crippen molar-refractivity contribution in [1.82, 2.24) is 5.32 Å². The molecule has 0 bridgehead atoms. The van der Waals surface area contributed by atoms with Crippen LogP contribution in [0.2, 0.25) is 0 Å². The van der Waals surface area contributed by atoms with Gasteiger partial charge in [-0.15, -0.1) is 0 Å². The van der Waals surface area contributed by atoms with Gasteiger partial charge in [0.2, 0.25) is 0 Å². The van der Waals surface area contributed by atoms with Crippen molar-refractivity contribution in [3.05, 3.63) is 323 Å². The molecule has 1 aliphatic carbocycles. The van der Waals surface area contributed by atoms with Crippen molar-refractivity contribution in [3.63, 3.8) is 0 Å². The van der Waals surface area contributed by atoms with Crippen LogP contribution in [0.15, 0.2) is 273 Å². The molecule has 3 aliphatic heterocycles. The first kappa shape index (κ1) is 72.7. The second-order valence-electron chi connectivity index (χ2n) is 26.9. The average molecular weight is 1380 g/mol. The van der Waals surface area contributed by atoms with Gasteiger partial charge in [-0.2, -0.15) is 0 Å². The lowest BCUT2D eigenvalue weighted by Crippen LogP contribution is -2.69. The Bertz CT molecular complexity index is 3740.